The first kappa shape index (κ1) is 67.9. The van der Waals surface area contributed by atoms with E-state index in [0.29, 0.717) is 57.2 Å². The van der Waals surface area contributed by atoms with Crippen LogP contribution in [0.15, 0.2) is 154 Å². The summed E-state index contributed by atoms with van der Waals surface area (Å²) in [4.78, 5) is 11.9. The van der Waals surface area contributed by atoms with E-state index >= 15 is 0 Å². The van der Waals surface area contributed by atoms with Gasteiger partial charge in [0, 0.05) is 35.2 Å². The summed E-state index contributed by atoms with van der Waals surface area (Å²) in [5.74, 6) is -0.738. The van der Waals surface area contributed by atoms with E-state index in [2.05, 4.69) is 51.5 Å². The molecule has 0 unspecified atom stereocenters. The van der Waals surface area contributed by atoms with Crippen molar-refractivity contribution >= 4 is 129 Å². The number of fused-ring (bicyclic) bond motifs is 2. The van der Waals surface area contributed by atoms with E-state index in [1.165, 1.54) is 74.9 Å². The van der Waals surface area contributed by atoms with Gasteiger partial charge >= 0.3 is 6.03 Å². The molecule has 0 saturated carbocycles. The van der Waals surface area contributed by atoms with Crippen molar-refractivity contribution in [2.75, 3.05) is 49.6 Å². The number of methoxy groups -OCH3 is 2. The number of carbonyl (C=O) groups is 1. The number of nitrogens with zero attached hydrogens (tertiary/aromatic N) is 8. The van der Waals surface area contributed by atoms with Gasteiger partial charge in [-0.2, -0.15) is 72.8 Å². The molecule has 30 nitrogen and oxygen atoms in total. The average molecular weight is 1350 g/mol. The van der Waals surface area contributed by atoms with Gasteiger partial charge in [0.05, 0.1) is 94.2 Å². The van der Waals surface area contributed by atoms with Crippen molar-refractivity contribution in [3.05, 3.63) is 137 Å². The van der Waals surface area contributed by atoms with Crippen molar-refractivity contribution in [1.29, 1.82) is 0 Å². The SMILES string of the molecule is COc1cc(N=Nc2cc(C)c(N=Nc3ccc4c(c3)C(S(=O)(=O)O)=CC4)cc2OCCCS(=O)(=O)O)c(C)cc1NC(=O)Nc1cc(C)c(N=Nc2cc(C)c(N=Nc3ccc4cc(S(=O)(=O)O)cc(S(=O)(=O)O)c4c3)cc2OCCCS(=O)(=O)O)cc1OC. The highest BCUT2D eigenvalue weighted by atomic mass is 32.2. The fourth-order valence-electron chi connectivity index (χ4n) is 8.89. The number of anilines is 2. The maximum Gasteiger partial charge on any atom is 0.323 e. The maximum absolute atomic E-state index is 13.7. The summed E-state index contributed by atoms with van der Waals surface area (Å²) in [7, 11) is -20.3. The Kier molecular flexibility index (Phi) is 20.6. The van der Waals surface area contributed by atoms with Gasteiger partial charge in [-0.05, 0) is 141 Å². The minimum absolute atomic E-state index is 0.0228. The normalized spacial score (nSPS) is 13.2. The maximum atomic E-state index is 13.7. The molecular formula is C56H56N10O20S5. The van der Waals surface area contributed by atoms with Gasteiger partial charge in [0.25, 0.3) is 50.6 Å². The molecule has 2 amide bonds. The van der Waals surface area contributed by atoms with E-state index in [-0.39, 0.29) is 110 Å². The van der Waals surface area contributed by atoms with E-state index in [4.69, 9.17) is 18.9 Å². The molecule has 0 radical (unpaired) electrons. The smallest absolute Gasteiger partial charge is 0.323 e. The van der Waals surface area contributed by atoms with Gasteiger partial charge in [0.15, 0.2) is 0 Å². The van der Waals surface area contributed by atoms with Crippen LogP contribution in [0.2, 0.25) is 0 Å². The quantitative estimate of drug-likeness (QED) is 0.0159. The molecule has 0 fully saturated rings. The number of benzene rings is 7. The molecule has 8 rings (SSSR count). The molecule has 0 bridgehead atoms. The Labute approximate surface area is 521 Å². The zero-order valence-corrected chi connectivity index (χ0v) is 52.8. The molecule has 7 aromatic carbocycles. The third-order valence-electron chi connectivity index (χ3n) is 13.4. The summed E-state index contributed by atoms with van der Waals surface area (Å²) < 4.78 is 189. The lowest BCUT2D eigenvalue weighted by Crippen LogP contribution is -2.20. The molecule has 1 aliphatic rings. The number of hydrogen-bond acceptors (Lipinski definition) is 23. The van der Waals surface area contributed by atoms with Crippen LogP contribution in [-0.4, -0.2) is 110 Å². The zero-order chi connectivity index (χ0) is 66.4. The number of azo groups is 4. The highest BCUT2D eigenvalue weighted by Gasteiger charge is 2.25. The third-order valence-corrected chi connectivity index (χ3v) is 17.6. The number of ether oxygens (including phenoxy) is 4. The largest absolute Gasteiger partial charge is 0.494 e. The van der Waals surface area contributed by atoms with Gasteiger partial charge in [-0.25, -0.2) is 4.79 Å². The average Bonchev–Trinajstić information content (AvgIpc) is 1.19. The van der Waals surface area contributed by atoms with E-state index in [0.717, 1.165) is 6.07 Å². The minimum Gasteiger partial charge on any atom is -0.494 e. The highest BCUT2D eigenvalue weighted by molar-refractivity contribution is 7.95. The highest BCUT2D eigenvalue weighted by Crippen LogP contribution is 2.43. The summed E-state index contributed by atoms with van der Waals surface area (Å²) in [5, 5.41) is 40.1. The second-order valence-electron chi connectivity index (χ2n) is 20.1. The van der Waals surface area contributed by atoms with Crippen LogP contribution in [0.5, 0.6) is 23.0 Å². The van der Waals surface area contributed by atoms with Crippen molar-refractivity contribution in [2.24, 2.45) is 40.9 Å². The monoisotopic (exact) mass is 1350 g/mol. The molecule has 0 atom stereocenters. The fourth-order valence-corrected chi connectivity index (χ4v) is 12.0. The van der Waals surface area contributed by atoms with E-state index in [1.54, 1.807) is 58.0 Å². The number of aryl methyl sites for hydroxylation is 4. The molecule has 0 saturated heterocycles. The van der Waals surface area contributed by atoms with Crippen LogP contribution in [-0.2, 0) is 57.0 Å². The van der Waals surface area contributed by atoms with Crippen molar-refractivity contribution in [3.63, 3.8) is 0 Å². The van der Waals surface area contributed by atoms with Crippen LogP contribution >= 0.6 is 0 Å². The summed E-state index contributed by atoms with van der Waals surface area (Å²) >= 11 is 0. The van der Waals surface area contributed by atoms with E-state index in [9.17, 15) is 69.6 Å². The van der Waals surface area contributed by atoms with Gasteiger partial charge in [0.2, 0.25) is 0 Å². The lowest BCUT2D eigenvalue weighted by atomic mass is 10.1. The van der Waals surface area contributed by atoms with Crippen molar-refractivity contribution in [2.45, 2.75) is 56.7 Å². The molecule has 0 aliphatic heterocycles. The second-order valence-corrected chi connectivity index (χ2v) is 27.5. The van der Waals surface area contributed by atoms with Crippen LogP contribution in [0.4, 0.5) is 61.7 Å². The molecule has 480 valence electrons. The Bertz CT molecular complexity index is 4830. The summed E-state index contributed by atoms with van der Waals surface area (Å²) in [5.41, 5.74) is 5.10. The molecule has 1 aliphatic carbocycles. The Hall–Kier alpha value is -9.04. The van der Waals surface area contributed by atoms with E-state index in [1.807, 2.05) is 0 Å². The van der Waals surface area contributed by atoms with Crippen molar-refractivity contribution in [1.82, 2.24) is 0 Å². The van der Waals surface area contributed by atoms with Crippen LogP contribution in [0.3, 0.4) is 0 Å². The number of amides is 2. The zero-order valence-electron chi connectivity index (χ0n) is 48.7. The topological polar surface area (TPSA) is 449 Å². The van der Waals surface area contributed by atoms with E-state index < -0.39 is 77.9 Å². The molecule has 91 heavy (non-hydrogen) atoms. The third kappa shape index (κ3) is 17.9. The van der Waals surface area contributed by atoms with Crippen molar-refractivity contribution < 1.29 is 88.6 Å². The van der Waals surface area contributed by atoms with Crippen LogP contribution in [0.1, 0.15) is 46.2 Å². The van der Waals surface area contributed by atoms with Gasteiger partial charge in [-0.3, -0.25) is 22.8 Å². The first-order chi connectivity index (χ1) is 42.7. The molecule has 7 aromatic rings. The van der Waals surface area contributed by atoms with Crippen LogP contribution in [0, 0.1) is 27.7 Å². The lowest BCUT2D eigenvalue weighted by molar-refractivity contribution is 0.262. The van der Waals surface area contributed by atoms with Gasteiger partial charge in [0.1, 0.15) is 39.3 Å². The minimum atomic E-state index is -5.01. The standard InChI is InChI=1S/C56H56N10O20S5/c1-31-19-46(50(83-5)27-42(31)63-65-48-21-33(3)44(29-52(48)85-15-7-17-87(68,69)70)61-59-37-12-9-35-11-14-54(40(35)24-37)90(77,78)79)57-56(67)58-47-20-32(2)43(28-51(47)84-6)64-66-49-22-34(4)45(30-53(49)86-16-8-18-88(71,72)73)62-60-38-13-10-36-23-39(89(74,75)76)26-55(41(36)25-38)91(80,81)82/h9-10,12-14,19-30H,7-8,11,15-18H2,1-6H3,(H2,57,58,67)(H,68,69,70)(H,71,72,73)(H,74,75,76)(H,77,78,79)(H,80,81,82). The number of hydrogen-bond donors (Lipinski definition) is 7. The lowest BCUT2D eigenvalue weighted by Gasteiger charge is -2.15. The number of allylic oxidation sites excluding steroid dienone is 1. The summed E-state index contributed by atoms with van der Waals surface area (Å²) in [6.07, 6.45) is 1.47. The molecular weight excluding hydrogens is 1290 g/mol. The Balaban J connectivity index is 0.999. The Morgan fingerprint density at radius 2 is 0.901 bits per heavy atom. The molecule has 7 N–H and O–H groups in total. The number of rotatable bonds is 25. The molecule has 0 heterocycles. The fraction of sp³-hybridized carbons (Fsp3) is 0.232. The first-order valence-corrected chi connectivity index (χ1v) is 34.1. The predicted octanol–water partition coefficient (Wildman–Crippen LogP) is 13.0. The number of carbonyl (C=O) groups excluding carboxylic acids is 1. The van der Waals surface area contributed by atoms with Gasteiger partial charge < -0.3 is 29.6 Å². The van der Waals surface area contributed by atoms with Gasteiger partial charge in [-0.1, -0.05) is 18.2 Å². The number of nitrogens with one attached hydrogen (secondary N) is 2. The van der Waals surface area contributed by atoms with Crippen molar-refractivity contribution in [3.8, 4) is 23.0 Å². The summed E-state index contributed by atoms with van der Waals surface area (Å²) in [6, 6.07) is 21.7. The molecule has 0 spiro atoms. The second kappa shape index (κ2) is 27.6. The molecule has 35 heteroatoms. The Morgan fingerprint density at radius 3 is 1.34 bits per heavy atom. The Morgan fingerprint density at radius 1 is 0.473 bits per heavy atom. The predicted molar refractivity (Wildman–Crippen MR) is 333 cm³/mol. The number of urea groups is 1. The molecule has 0 aromatic heterocycles. The summed E-state index contributed by atoms with van der Waals surface area (Å²) in [6.45, 7) is 6.33. The first-order valence-electron chi connectivity index (χ1n) is 26.6. The van der Waals surface area contributed by atoms with Gasteiger partial charge in [-0.15, -0.1) is 10.2 Å². The van der Waals surface area contributed by atoms with Crippen LogP contribution < -0.4 is 29.6 Å². The van der Waals surface area contributed by atoms with Crippen LogP contribution in [0.25, 0.3) is 15.7 Å².